The summed E-state index contributed by atoms with van der Waals surface area (Å²) in [6.07, 6.45) is 4.35. The quantitative estimate of drug-likeness (QED) is 0.0656. The maximum atomic E-state index is 14.7. The Kier molecular flexibility index (Phi) is 15.5. The summed E-state index contributed by atoms with van der Waals surface area (Å²) in [7, 11) is 0. The number of likely N-dealkylation sites (tertiary alicyclic amines) is 2. The highest BCUT2D eigenvalue weighted by atomic mass is 35.5. The van der Waals surface area contributed by atoms with Crippen LogP contribution in [0.5, 0.6) is 11.5 Å². The second-order valence-electron chi connectivity index (χ2n) is 18.8. The van der Waals surface area contributed by atoms with Gasteiger partial charge in [-0.3, -0.25) is 4.79 Å². The molecule has 4 atom stereocenters. The molecule has 21 heteroatoms. The van der Waals surface area contributed by atoms with Gasteiger partial charge in [-0.05, 0) is 135 Å². The number of hydrogen-bond acceptors (Lipinski definition) is 15. The van der Waals surface area contributed by atoms with Crippen molar-refractivity contribution in [3.63, 3.8) is 0 Å². The first-order valence-corrected chi connectivity index (χ1v) is 26.5. The van der Waals surface area contributed by atoms with Gasteiger partial charge in [-0.15, -0.1) is 22.7 Å². The van der Waals surface area contributed by atoms with E-state index in [2.05, 4.69) is 25.4 Å². The molecule has 4 aliphatic heterocycles. The van der Waals surface area contributed by atoms with Crippen LogP contribution in [0.1, 0.15) is 82.7 Å². The molecule has 0 unspecified atom stereocenters. The van der Waals surface area contributed by atoms with Gasteiger partial charge in [0.05, 0.1) is 34.1 Å². The molecule has 0 radical (unpaired) electrons. The molecule has 4 aromatic carbocycles. The fourth-order valence-corrected chi connectivity index (χ4v) is 11.6. The molecule has 2 saturated heterocycles. The van der Waals surface area contributed by atoms with Crippen LogP contribution in [-0.2, 0) is 32.5 Å². The Hall–Kier alpha value is -5.48. The Morgan fingerprint density at radius 2 is 1.19 bits per heavy atom. The molecular formula is C52H52Cl2F2N6O9S2. The number of oxime groups is 2. The number of carbonyl (C=O) groups is 2. The molecule has 0 spiro atoms. The zero-order valence-corrected chi connectivity index (χ0v) is 42.4. The lowest BCUT2D eigenvalue weighted by Gasteiger charge is -2.36. The highest BCUT2D eigenvalue weighted by molar-refractivity contribution is 7.22. The maximum Gasteiger partial charge on any atom is 0.359 e. The summed E-state index contributed by atoms with van der Waals surface area (Å²) in [6, 6.07) is 19.1. The van der Waals surface area contributed by atoms with Gasteiger partial charge in [0, 0.05) is 49.7 Å². The van der Waals surface area contributed by atoms with Crippen molar-refractivity contribution in [3.8, 4) is 11.5 Å². The number of amides is 1. The topological polar surface area (TPSA) is 201 Å². The Labute approximate surface area is 436 Å². The van der Waals surface area contributed by atoms with Crippen LogP contribution in [0.3, 0.4) is 0 Å². The number of carboxylic acids is 1. The summed E-state index contributed by atoms with van der Waals surface area (Å²) in [5.74, 6) is -2.03. The van der Waals surface area contributed by atoms with E-state index >= 15 is 0 Å². The molecule has 6 N–H and O–H groups in total. The van der Waals surface area contributed by atoms with Gasteiger partial charge in [-0.2, -0.15) is 0 Å². The van der Waals surface area contributed by atoms with Gasteiger partial charge in [-0.25, -0.2) is 13.6 Å². The number of aliphatic hydroxyl groups excluding tert-OH is 2. The summed E-state index contributed by atoms with van der Waals surface area (Å²) in [5, 5.41) is 44.2. The molecule has 1 amide bonds. The highest BCUT2D eigenvalue weighted by Gasteiger charge is 2.34. The largest absolute Gasteiger partial charge is 0.487 e. The van der Waals surface area contributed by atoms with Crippen molar-refractivity contribution >= 4 is 89.3 Å². The van der Waals surface area contributed by atoms with Crippen molar-refractivity contribution in [2.75, 3.05) is 39.3 Å². The van der Waals surface area contributed by atoms with Crippen LogP contribution >= 0.6 is 45.9 Å². The van der Waals surface area contributed by atoms with Crippen molar-refractivity contribution in [1.29, 1.82) is 0 Å². The Morgan fingerprint density at radius 1 is 0.712 bits per heavy atom. The third kappa shape index (κ3) is 11.9. The van der Waals surface area contributed by atoms with Crippen LogP contribution in [0.25, 0.3) is 20.2 Å². The van der Waals surface area contributed by atoms with E-state index in [1.54, 1.807) is 30.3 Å². The fraction of sp³-hybridized carbons (Fsp3) is 0.385. The number of halogens is 4. The molecule has 4 fully saturated rings. The number of nitrogens with zero attached hydrogens (tertiary/aromatic N) is 4. The molecule has 6 heterocycles. The number of carbonyl (C=O) groups excluding carboxylic acids is 1. The van der Waals surface area contributed by atoms with E-state index in [0.717, 1.165) is 94.5 Å². The minimum atomic E-state index is -1.12. The van der Waals surface area contributed by atoms with Crippen LogP contribution in [0.15, 0.2) is 83.1 Å². The summed E-state index contributed by atoms with van der Waals surface area (Å²) < 4.78 is 41.5. The van der Waals surface area contributed by atoms with Gasteiger partial charge in [0.15, 0.2) is 28.8 Å². The van der Waals surface area contributed by atoms with Gasteiger partial charge >= 0.3 is 5.97 Å². The van der Waals surface area contributed by atoms with Crippen LogP contribution in [0, 0.1) is 11.6 Å². The third-order valence-corrected chi connectivity index (χ3v) is 16.1. The molecule has 6 aromatic rings. The fourth-order valence-electron chi connectivity index (χ4n) is 8.67. The van der Waals surface area contributed by atoms with Crippen LogP contribution in [0.2, 0.25) is 10.0 Å². The third-order valence-electron chi connectivity index (χ3n) is 13.2. The molecule has 6 aliphatic rings. The standard InChI is InChI=1S/C26H25ClFN3O4S.C15H21FN2O2.C11H6ClNO3S/c27-15-3-6-17-18-13-34-30-23(25(18)36-22(17)11-15)26(33)29-20(12-31-8-1-9-31)24(32)14-2-7-21(19(28)10-14)35-16-4-5-16;16-12-8-10(2-5-14(12)20-11-3-4-11)15(19)13(17)9-18-6-1-7-18;12-5-1-2-6-7-4-16-13-9(11(14)15)10(7)17-8(6)3-5/h2-3,6-7,10-11,16,20,24,32H,1,4-5,8-9,12-13H2,(H,29,33);2,5,8,11,13,15,19H,1,3-4,6-7,9,17H2;1-3H,4H2,(H,14,15)/t20-,24-;13-,15-;/m11./s1. The minimum Gasteiger partial charge on any atom is -0.487 e. The second kappa shape index (κ2) is 22.2. The molecule has 15 nitrogen and oxygen atoms in total. The SMILES string of the molecule is N[C@H](CN1CCC1)[C@H](O)c1ccc(OC2CC2)c(F)c1.O=C(N[C@H](CN1CCC1)[C@H](O)c1ccc(OC2CC2)c(F)c1)C1=NOCc2c1sc1cc(Cl)ccc21.O=C(O)C1=NOCc2c1sc1cc(Cl)ccc21. The summed E-state index contributed by atoms with van der Waals surface area (Å²) in [5.41, 5.74) is 8.76. The molecule has 0 bridgehead atoms. The number of aliphatic hydroxyl groups is 2. The van der Waals surface area contributed by atoms with Gasteiger partial charge in [0.2, 0.25) is 5.71 Å². The van der Waals surface area contributed by atoms with Gasteiger partial charge in [0.1, 0.15) is 19.3 Å². The lowest BCUT2D eigenvalue weighted by molar-refractivity contribution is -0.129. The second-order valence-corrected chi connectivity index (χ2v) is 21.8. The first-order chi connectivity index (χ1) is 35.3. The zero-order chi connectivity index (χ0) is 50.9. The number of aliphatic carboxylic acids is 1. The number of hydrogen-bond donors (Lipinski definition) is 5. The van der Waals surface area contributed by atoms with E-state index in [1.807, 2.05) is 30.3 Å². The molecule has 2 aromatic heterocycles. The Balaban J connectivity index is 0.000000139. The zero-order valence-electron chi connectivity index (χ0n) is 39.3. The van der Waals surface area contributed by atoms with E-state index in [0.29, 0.717) is 45.7 Å². The van der Waals surface area contributed by atoms with E-state index < -0.39 is 47.8 Å². The van der Waals surface area contributed by atoms with E-state index in [1.165, 1.54) is 41.2 Å². The van der Waals surface area contributed by atoms with Crippen LogP contribution < -0.4 is 20.5 Å². The molecule has 2 aliphatic carbocycles. The average molecular weight is 1080 g/mol. The number of thiophene rings is 2. The van der Waals surface area contributed by atoms with Crippen LogP contribution in [0.4, 0.5) is 8.78 Å². The van der Waals surface area contributed by atoms with Crippen molar-refractivity contribution in [2.45, 2.75) is 88.2 Å². The summed E-state index contributed by atoms with van der Waals surface area (Å²) >= 11 is 14.9. The lowest BCUT2D eigenvalue weighted by atomic mass is 9.99. The monoisotopic (exact) mass is 1080 g/mol. The number of nitrogens with two attached hydrogens (primary N) is 1. The van der Waals surface area contributed by atoms with E-state index in [-0.39, 0.29) is 41.7 Å². The molecular weight excluding hydrogens is 1030 g/mol. The first-order valence-electron chi connectivity index (χ1n) is 24.1. The minimum absolute atomic E-state index is 0.0384. The van der Waals surface area contributed by atoms with Crippen molar-refractivity contribution in [1.82, 2.24) is 15.1 Å². The number of fused-ring (bicyclic) bond motifs is 6. The number of rotatable bonds is 15. The molecule has 12 rings (SSSR count). The van der Waals surface area contributed by atoms with Crippen molar-refractivity contribution in [3.05, 3.63) is 126 Å². The molecule has 384 valence electrons. The van der Waals surface area contributed by atoms with E-state index in [4.69, 9.17) is 53.2 Å². The predicted octanol–water partition coefficient (Wildman–Crippen LogP) is 8.70. The normalized spacial score (nSPS) is 18.7. The van der Waals surface area contributed by atoms with Gasteiger partial charge in [-0.1, -0.05) is 57.8 Å². The number of benzene rings is 4. The molecule has 73 heavy (non-hydrogen) atoms. The maximum absolute atomic E-state index is 14.7. The number of carboxylic acid groups (broad SMARTS) is 1. The Morgan fingerprint density at radius 3 is 1.66 bits per heavy atom. The van der Waals surface area contributed by atoms with Gasteiger partial charge in [0.25, 0.3) is 5.91 Å². The number of nitrogens with one attached hydrogen (secondary N) is 1. The van der Waals surface area contributed by atoms with Crippen molar-refractivity contribution in [2.24, 2.45) is 16.0 Å². The van der Waals surface area contributed by atoms with Crippen LogP contribution in [-0.4, -0.2) is 112 Å². The smallest absolute Gasteiger partial charge is 0.359 e. The lowest BCUT2D eigenvalue weighted by Crippen LogP contribution is -2.52. The summed E-state index contributed by atoms with van der Waals surface area (Å²) in [4.78, 5) is 40.5. The highest BCUT2D eigenvalue weighted by Crippen LogP contribution is 2.38. The first kappa shape index (κ1) is 51.0. The van der Waals surface area contributed by atoms with E-state index in [9.17, 15) is 28.6 Å². The summed E-state index contributed by atoms with van der Waals surface area (Å²) in [6.45, 7) is 5.46. The number of ether oxygens (including phenoxy) is 2. The van der Waals surface area contributed by atoms with Crippen molar-refractivity contribution < 1.29 is 52.8 Å². The average Bonchev–Trinajstić information content (AvgIpc) is 4.29. The molecule has 2 saturated carbocycles. The predicted molar refractivity (Wildman–Crippen MR) is 276 cm³/mol. The Bertz CT molecular complexity index is 3100. The van der Waals surface area contributed by atoms with Gasteiger partial charge < -0.3 is 55.3 Å².